The number of nitriles is 1. The van der Waals surface area contributed by atoms with Gasteiger partial charge >= 0.3 is 6.18 Å². The molecule has 23 heavy (non-hydrogen) atoms. The zero-order valence-corrected chi connectivity index (χ0v) is 11.6. The van der Waals surface area contributed by atoms with E-state index < -0.39 is 40.2 Å². The van der Waals surface area contributed by atoms with Crippen molar-refractivity contribution in [2.24, 2.45) is 0 Å². The van der Waals surface area contributed by atoms with Gasteiger partial charge in [0.15, 0.2) is 5.82 Å². The highest BCUT2D eigenvalue weighted by atomic mass is 19.4. The normalized spacial score (nSPS) is 11.1. The summed E-state index contributed by atoms with van der Waals surface area (Å²) in [7, 11) is 1.11. The van der Waals surface area contributed by atoms with Gasteiger partial charge in [-0.3, -0.25) is 9.36 Å². The maximum Gasteiger partial charge on any atom is 0.431 e. The molecule has 2 aromatic rings. The van der Waals surface area contributed by atoms with Gasteiger partial charge in [0.25, 0.3) is 5.56 Å². The molecule has 0 atom stereocenters. The largest absolute Gasteiger partial charge is 0.494 e. The van der Waals surface area contributed by atoms with Gasteiger partial charge < -0.3 is 10.5 Å². The molecule has 1 heterocycles. The molecular weight excluding hydrogens is 318 g/mol. The number of nitrogen functional groups attached to an aromatic ring is 1. The Bertz CT molecular complexity index is 866. The number of ether oxygens (including phenoxy) is 1. The first-order chi connectivity index (χ1) is 10.7. The van der Waals surface area contributed by atoms with Crippen molar-refractivity contribution in [1.29, 1.82) is 5.26 Å². The standard InChI is InChI=1S/C14H9F4N3O2/c1-23-9-4-2-3-8(15)12(9)21-10(14(16,17)18)5-7(6-19)11(20)13(21)22/h2-5H,20H2,1H3. The molecule has 2 N–H and O–H groups in total. The van der Waals surface area contributed by atoms with Gasteiger partial charge in [-0.1, -0.05) is 6.07 Å². The number of halogens is 4. The monoisotopic (exact) mass is 327 g/mol. The van der Waals surface area contributed by atoms with Crippen LogP contribution in [0.15, 0.2) is 29.1 Å². The summed E-state index contributed by atoms with van der Waals surface area (Å²) in [6, 6.07) is 5.08. The molecule has 9 heteroatoms. The van der Waals surface area contributed by atoms with E-state index in [1.807, 2.05) is 0 Å². The topological polar surface area (TPSA) is 81.0 Å². The number of alkyl halides is 3. The Balaban J connectivity index is 3.02. The quantitative estimate of drug-likeness (QED) is 0.859. The van der Waals surface area contributed by atoms with E-state index in [-0.39, 0.29) is 10.3 Å². The maximum atomic E-state index is 14.1. The van der Waals surface area contributed by atoms with Crippen LogP contribution in [0.3, 0.4) is 0 Å². The van der Waals surface area contributed by atoms with Crippen molar-refractivity contribution < 1.29 is 22.3 Å². The molecule has 0 amide bonds. The zero-order valence-electron chi connectivity index (χ0n) is 11.6. The van der Waals surface area contributed by atoms with Gasteiger partial charge in [-0.25, -0.2) is 4.39 Å². The Morgan fingerprint density at radius 3 is 2.52 bits per heavy atom. The fourth-order valence-electron chi connectivity index (χ4n) is 2.02. The molecule has 0 saturated heterocycles. The van der Waals surface area contributed by atoms with Crippen LogP contribution in [0.25, 0.3) is 5.69 Å². The van der Waals surface area contributed by atoms with E-state index in [0.717, 1.165) is 13.2 Å². The number of nitrogens with two attached hydrogens (primary N) is 1. The number of para-hydroxylation sites is 1. The Kier molecular flexibility index (Phi) is 4.01. The first-order valence-corrected chi connectivity index (χ1v) is 6.08. The van der Waals surface area contributed by atoms with E-state index in [0.29, 0.717) is 6.07 Å². The summed E-state index contributed by atoms with van der Waals surface area (Å²) in [4.78, 5) is 12.2. The van der Waals surface area contributed by atoms with Crippen molar-refractivity contribution in [2.45, 2.75) is 6.18 Å². The molecule has 2 rings (SSSR count). The van der Waals surface area contributed by atoms with Crippen LogP contribution in [0, 0.1) is 17.1 Å². The van der Waals surface area contributed by atoms with Crippen LogP contribution in [0.4, 0.5) is 23.2 Å². The third-order valence-electron chi connectivity index (χ3n) is 3.05. The molecule has 1 aromatic carbocycles. The molecule has 0 unspecified atom stereocenters. The van der Waals surface area contributed by atoms with Gasteiger partial charge in [-0.15, -0.1) is 0 Å². The number of rotatable bonds is 2. The SMILES string of the molecule is COc1cccc(F)c1-n1c(C(F)(F)F)cc(C#N)c(N)c1=O. The lowest BCUT2D eigenvalue weighted by Crippen LogP contribution is -2.30. The van der Waals surface area contributed by atoms with Gasteiger partial charge in [-0.05, 0) is 18.2 Å². The minimum absolute atomic E-state index is 0.0599. The second kappa shape index (κ2) is 5.64. The van der Waals surface area contributed by atoms with E-state index in [1.165, 1.54) is 18.2 Å². The fourth-order valence-corrected chi connectivity index (χ4v) is 2.02. The predicted molar refractivity (Wildman–Crippen MR) is 72.7 cm³/mol. The molecule has 0 spiro atoms. The number of anilines is 1. The van der Waals surface area contributed by atoms with Crippen LogP contribution in [0.5, 0.6) is 5.75 Å². The Morgan fingerprint density at radius 2 is 2.00 bits per heavy atom. The molecule has 5 nitrogen and oxygen atoms in total. The van der Waals surface area contributed by atoms with Crippen molar-refractivity contribution in [3.05, 3.63) is 51.7 Å². The van der Waals surface area contributed by atoms with Gasteiger partial charge in [0, 0.05) is 0 Å². The van der Waals surface area contributed by atoms with E-state index in [9.17, 15) is 22.4 Å². The Morgan fingerprint density at radius 1 is 1.35 bits per heavy atom. The number of methoxy groups -OCH3 is 1. The molecular formula is C14H9F4N3O2. The summed E-state index contributed by atoms with van der Waals surface area (Å²) in [6.45, 7) is 0. The van der Waals surface area contributed by atoms with Crippen LogP contribution in [0.2, 0.25) is 0 Å². The second-order valence-corrected chi connectivity index (χ2v) is 4.40. The summed E-state index contributed by atoms with van der Waals surface area (Å²) in [5.74, 6) is -1.40. The van der Waals surface area contributed by atoms with E-state index in [1.54, 1.807) is 0 Å². The fraction of sp³-hybridized carbons (Fsp3) is 0.143. The average molecular weight is 327 g/mol. The van der Waals surface area contributed by atoms with Gasteiger partial charge in [0.1, 0.15) is 28.9 Å². The summed E-state index contributed by atoms with van der Waals surface area (Å²) >= 11 is 0. The number of aromatic nitrogens is 1. The lowest BCUT2D eigenvalue weighted by Gasteiger charge is -2.19. The highest BCUT2D eigenvalue weighted by Crippen LogP contribution is 2.34. The molecule has 0 radical (unpaired) electrons. The third-order valence-corrected chi connectivity index (χ3v) is 3.05. The lowest BCUT2D eigenvalue weighted by atomic mass is 10.1. The first kappa shape index (κ1) is 16.4. The molecule has 0 fully saturated rings. The Hall–Kier alpha value is -3.02. The Labute approximate surface area is 127 Å². The number of pyridine rings is 1. The highest BCUT2D eigenvalue weighted by molar-refractivity contribution is 5.58. The minimum atomic E-state index is -5.02. The van der Waals surface area contributed by atoms with Crippen molar-refractivity contribution in [3.63, 3.8) is 0 Å². The number of hydrogen-bond acceptors (Lipinski definition) is 4. The summed E-state index contributed by atoms with van der Waals surface area (Å²) in [5, 5.41) is 8.81. The molecule has 0 aliphatic rings. The van der Waals surface area contributed by atoms with Crippen molar-refractivity contribution in [3.8, 4) is 17.5 Å². The lowest BCUT2D eigenvalue weighted by molar-refractivity contribution is -0.142. The summed E-state index contributed by atoms with van der Waals surface area (Å²) in [5.41, 5.74) is 0.412. The summed E-state index contributed by atoms with van der Waals surface area (Å²) in [6.07, 6.45) is -5.02. The number of hydrogen-bond donors (Lipinski definition) is 1. The van der Waals surface area contributed by atoms with Crippen molar-refractivity contribution >= 4 is 5.69 Å². The van der Waals surface area contributed by atoms with Crippen molar-refractivity contribution in [1.82, 2.24) is 4.57 Å². The zero-order chi connectivity index (χ0) is 17.4. The summed E-state index contributed by atoms with van der Waals surface area (Å²) < 4.78 is 58.7. The van der Waals surface area contributed by atoms with Crippen molar-refractivity contribution in [2.75, 3.05) is 12.8 Å². The third kappa shape index (κ3) is 2.70. The van der Waals surface area contributed by atoms with Crippen LogP contribution in [-0.4, -0.2) is 11.7 Å². The predicted octanol–water partition coefficient (Wildman–Crippen LogP) is 2.46. The smallest absolute Gasteiger partial charge is 0.431 e. The molecule has 0 saturated carbocycles. The minimum Gasteiger partial charge on any atom is -0.494 e. The first-order valence-electron chi connectivity index (χ1n) is 6.08. The van der Waals surface area contributed by atoms with Gasteiger partial charge in [0.05, 0.1) is 12.7 Å². The van der Waals surface area contributed by atoms with Crippen LogP contribution in [-0.2, 0) is 6.18 Å². The molecule has 0 bridgehead atoms. The average Bonchev–Trinajstić information content (AvgIpc) is 2.49. The number of nitrogens with zero attached hydrogens (tertiary/aromatic N) is 2. The van der Waals surface area contributed by atoms with E-state index in [2.05, 4.69) is 0 Å². The second-order valence-electron chi connectivity index (χ2n) is 4.40. The highest BCUT2D eigenvalue weighted by Gasteiger charge is 2.37. The molecule has 120 valence electrons. The van der Waals surface area contributed by atoms with E-state index in [4.69, 9.17) is 15.7 Å². The molecule has 0 aliphatic heterocycles. The maximum absolute atomic E-state index is 14.1. The van der Waals surface area contributed by atoms with Gasteiger partial charge in [0.2, 0.25) is 0 Å². The van der Waals surface area contributed by atoms with Crippen LogP contribution in [0.1, 0.15) is 11.3 Å². The van der Waals surface area contributed by atoms with Crippen LogP contribution < -0.4 is 16.0 Å². The molecule has 1 aromatic heterocycles. The van der Waals surface area contributed by atoms with Crippen LogP contribution >= 0.6 is 0 Å². The number of benzene rings is 1. The molecule has 0 aliphatic carbocycles. The van der Waals surface area contributed by atoms with E-state index >= 15 is 0 Å². The van der Waals surface area contributed by atoms with Gasteiger partial charge in [-0.2, -0.15) is 18.4 Å².